The van der Waals surface area contributed by atoms with Gasteiger partial charge in [-0.1, -0.05) is 0 Å². The summed E-state index contributed by atoms with van der Waals surface area (Å²) in [7, 11) is 0. The molecular formula is C15H19N3O3Sn. The summed E-state index contributed by atoms with van der Waals surface area (Å²) in [4.78, 5) is 48.8. The van der Waals surface area contributed by atoms with E-state index in [0.717, 1.165) is 9.40 Å². The summed E-state index contributed by atoms with van der Waals surface area (Å²) in [6.07, 6.45) is 0.656. The van der Waals surface area contributed by atoms with Gasteiger partial charge in [-0.05, 0) is 0 Å². The fourth-order valence-corrected chi connectivity index (χ4v) is 5.86. The van der Waals surface area contributed by atoms with Gasteiger partial charge in [0.1, 0.15) is 0 Å². The fraction of sp³-hybridized carbons (Fsp3) is 0.467. The number of imide groups is 1. The standard InChI is InChI=1S/C12H10N3O3.3CH3.Sn/c16-10-4-3-9(11(17)14-10)15-6-8-7(12(15)18)2-1-5-13-8;;;;/h1-2,9H,3-4,6H2,(H,14,16,17);3*1H3;. The molecule has 2 aliphatic heterocycles. The van der Waals surface area contributed by atoms with Gasteiger partial charge in [-0.15, -0.1) is 0 Å². The van der Waals surface area contributed by atoms with Crippen molar-refractivity contribution in [3.8, 4) is 0 Å². The summed E-state index contributed by atoms with van der Waals surface area (Å²) >= 11 is -2.29. The molecule has 0 aliphatic carbocycles. The molecule has 0 aromatic carbocycles. The van der Waals surface area contributed by atoms with E-state index < -0.39 is 24.4 Å². The van der Waals surface area contributed by atoms with Gasteiger partial charge < -0.3 is 0 Å². The van der Waals surface area contributed by atoms with Crippen LogP contribution in [0.3, 0.4) is 0 Å². The Morgan fingerprint density at radius 1 is 1.23 bits per heavy atom. The molecule has 0 saturated carbocycles. The number of aromatic nitrogens is 1. The van der Waals surface area contributed by atoms with E-state index in [1.165, 1.54) is 0 Å². The van der Waals surface area contributed by atoms with Gasteiger partial charge in [0.15, 0.2) is 0 Å². The average molecular weight is 408 g/mol. The molecule has 1 N–H and O–H groups in total. The van der Waals surface area contributed by atoms with Crippen LogP contribution in [0.1, 0.15) is 28.9 Å². The van der Waals surface area contributed by atoms with Crippen LogP contribution in [0.5, 0.6) is 0 Å². The Morgan fingerprint density at radius 2 is 1.95 bits per heavy atom. The zero-order valence-corrected chi connectivity index (χ0v) is 15.8. The van der Waals surface area contributed by atoms with Crippen LogP contribution in [0.4, 0.5) is 0 Å². The molecule has 6 nitrogen and oxygen atoms in total. The minimum absolute atomic E-state index is 0.160. The summed E-state index contributed by atoms with van der Waals surface area (Å²) in [5.41, 5.74) is 1.35. The summed E-state index contributed by atoms with van der Waals surface area (Å²) in [5.74, 6) is -0.812. The Balaban J connectivity index is 1.88. The van der Waals surface area contributed by atoms with Crippen molar-refractivity contribution in [3.05, 3.63) is 23.4 Å². The van der Waals surface area contributed by atoms with Crippen LogP contribution >= 0.6 is 0 Å². The molecule has 116 valence electrons. The maximum absolute atomic E-state index is 12.5. The Kier molecular flexibility index (Phi) is 3.74. The second-order valence-electron chi connectivity index (χ2n) is 6.84. The van der Waals surface area contributed by atoms with Gasteiger partial charge in [-0.25, -0.2) is 0 Å². The predicted octanol–water partition coefficient (Wildman–Crippen LogP) is 0.388. The predicted molar refractivity (Wildman–Crippen MR) is 83.3 cm³/mol. The van der Waals surface area contributed by atoms with E-state index in [2.05, 4.69) is 20.1 Å². The van der Waals surface area contributed by atoms with E-state index in [-0.39, 0.29) is 24.1 Å². The van der Waals surface area contributed by atoms with Crippen molar-refractivity contribution in [2.24, 2.45) is 0 Å². The summed E-state index contributed by atoms with van der Waals surface area (Å²) in [6, 6.07) is 3.23. The normalized spacial score (nSPS) is 21.9. The third-order valence-electron chi connectivity index (χ3n) is 4.14. The van der Waals surface area contributed by atoms with Crippen LogP contribution in [0.15, 0.2) is 12.1 Å². The maximum atomic E-state index is 12.5. The molecule has 0 spiro atoms. The van der Waals surface area contributed by atoms with E-state index >= 15 is 0 Å². The number of hydrogen-bond donors (Lipinski definition) is 1. The number of carbonyl (C=O) groups is 3. The number of fused-ring (bicyclic) bond motifs is 1. The Hall–Kier alpha value is -1.44. The van der Waals surface area contributed by atoms with Gasteiger partial charge in [-0.2, -0.15) is 0 Å². The monoisotopic (exact) mass is 409 g/mol. The molecule has 1 unspecified atom stereocenters. The number of amides is 3. The molecule has 0 bridgehead atoms. The molecule has 1 saturated heterocycles. The number of carbonyl (C=O) groups excluding carboxylic acids is 3. The quantitative estimate of drug-likeness (QED) is 0.568. The molecule has 22 heavy (non-hydrogen) atoms. The van der Waals surface area contributed by atoms with Gasteiger partial charge in [-0.3, -0.25) is 0 Å². The number of pyridine rings is 1. The molecule has 3 amide bonds. The Bertz CT molecular complexity index is 681. The molecular weight excluding hydrogens is 389 g/mol. The first kappa shape index (κ1) is 15.5. The van der Waals surface area contributed by atoms with Crippen LogP contribution in [0.25, 0.3) is 0 Å². The van der Waals surface area contributed by atoms with E-state index in [1.807, 2.05) is 12.1 Å². The average Bonchev–Trinajstić information content (AvgIpc) is 2.75. The van der Waals surface area contributed by atoms with Gasteiger partial charge in [0.2, 0.25) is 0 Å². The van der Waals surface area contributed by atoms with Crippen molar-refractivity contribution in [1.29, 1.82) is 0 Å². The molecule has 2 aliphatic rings. The van der Waals surface area contributed by atoms with Crippen molar-refractivity contribution < 1.29 is 14.4 Å². The Labute approximate surface area is 133 Å². The van der Waals surface area contributed by atoms with Crippen molar-refractivity contribution in [2.45, 2.75) is 40.2 Å². The van der Waals surface area contributed by atoms with Crippen molar-refractivity contribution in [1.82, 2.24) is 15.2 Å². The third kappa shape index (κ3) is 2.64. The number of hydrogen-bond acceptors (Lipinski definition) is 4. The van der Waals surface area contributed by atoms with Gasteiger partial charge in [0, 0.05) is 0 Å². The zero-order chi connectivity index (χ0) is 16.1. The van der Waals surface area contributed by atoms with Crippen LogP contribution < -0.4 is 9.03 Å². The topological polar surface area (TPSA) is 79.4 Å². The first-order chi connectivity index (χ1) is 10.3. The number of nitrogens with one attached hydrogen (secondary N) is 1. The van der Waals surface area contributed by atoms with E-state index in [9.17, 15) is 14.4 Å². The van der Waals surface area contributed by atoms with Gasteiger partial charge in [0.05, 0.1) is 0 Å². The van der Waals surface area contributed by atoms with Crippen molar-refractivity contribution in [2.75, 3.05) is 0 Å². The Morgan fingerprint density at radius 3 is 2.59 bits per heavy atom. The number of piperidine rings is 1. The number of nitrogens with zero attached hydrogens (tertiary/aromatic N) is 2. The molecule has 1 fully saturated rings. The first-order valence-electron chi connectivity index (χ1n) is 7.42. The first-order valence-corrected chi connectivity index (χ1v) is 17.4. The molecule has 1 atom stereocenters. The summed E-state index contributed by atoms with van der Waals surface area (Å²) in [5, 5.41) is 2.31. The molecule has 7 heteroatoms. The van der Waals surface area contributed by atoms with Crippen molar-refractivity contribution in [3.63, 3.8) is 0 Å². The van der Waals surface area contributed by atoms with E-state index in [0.29, 0.717) is 18.5 Å². The third-order valence-corrected chi connectivity index (χ3v) is 9.32. The van der Waals surface area contributed by atoms with Crippen LogP contribution in [-0.2, 0) is 16.1 Å². The summed E-state index contributed by atoms with van der Waals surface area (Å²) < 4.78 is 1.13. The second kappa shape index (κ2) is 5.33. The molecule has 3 heterocycles. The van der Waals surface area contributed by atoms with Gasteiger partial charge >= 0.3 is 133 Å². The van der Waals surface area contributed by atoms with E-state index in [4.69, 9.17) is 4.98 Å². The van der Waals surface area contributed by atoms with Gasteiger partial charge in [0.25, 0.3) is 0 Å². The van der Waals surface area contributed by atoms with Crippen LogP contribution in [0.2, 0.25) is 14.8 Å². The minimum atomic E-state index is -2.29. The van der Waals surface area contributed by atoms with Crippen LogP contribution in [0, 0.1) is 0 Å². The van der Waals surface area contributed by atoms with Crippen molar-refractivity contribution >= 4 is 39.8 Å². The molecule has 1 aromatic rings. The molecule has 0 radical (unpaired) electrons. The fourth-order valence-electron chi connectivity index (χ4n) is 2.85. The number of rotatable bonds is 2. The molecule has 3 rings (SSSR count). The van der Waals surface area contributed by atoms with E-state index in [1.54, 1.807) is 4.90 Å². The summed E-state index contributed by atoms with van der Waals surface area (Å²) in [6.45, 7) is 0.357. The second-order valence-corrected chi connectivity index (χ2v) is 21.1. The SMILES string of the molecule is [CH3][Sn]([CH3])([CH3])[c]1ccc2c(n1)CN(C1CCC(=O)NC1=O)C2=O. The molecule has 1 aromatic heterocycles. The zero-order valence-electron chi connectivity index (χ0n) is 13.0. The van der Waals surface area contributed by atoms with Crippen LogP contribution in [-0.4, -0.2) is 52.0 Å².